The lowest BCUT2D eigenvalue weighted by Crippen LogP contribution is -2.12. The maximum atomic E-state index is 12.3. The van der Waals surface area contributed by atoms with Crippen molar-refractivity contribution in [1.29, 1.82) is 0 Å². The molecule has 6 heteroatoms. The van der Waals surface area contributed by atoms with Gasteiger partial charge in [-0.25, -0.2) is 13.2 Å². The largest absolute Gasteiger partial charge is 0.478 e. The average molecular weight is 316 g/mol. The number of aryl methyl sites for hydroxylation is 1. The van der Waals surface area contributed by atoms with E-state index in [1.165, 1.54) is 12.1 Å². The van der Waals surface area contributed by atoms with E-state index in [-0.39, 0.29) is 16.2 Å². The Bertz CT molecular complexity index is 591. The maximum Gasteiger partial charge on any atom is 0.335 e. The Balaban J connectivity index is 3.07. The van der Waals surface area contributed by atoms with Crippen molar-refractivity contribution in [2.24, 2.45) is 0 Å². The first-order valence-electron chi connectivity index (χ1n) is 6.44. The zero-order valence-corrected chi connectivity index (χ0v) is 13.6. The van der Waals surface area contributed by atoms with Crippen LogP contribution in [0, 0.1) is 13.8 Å². The molecule has 0 aromatic heterocycles. The van der Waals surface area contributed by atoms with Gasteiger partial charge >= 0.3 is 5.97 Å². The third-order valence-electron chi connectivity index (χ3n) is 3.11. The number of aromatic carboxylic acids is 1. The molecule has 0 heterocycles. The SMILES string of the molecule is CCSCCCS(=O)(=O)c1cc(C(=O)O)cc(C)c1C. The summed E-state index contributed by atoms with van der Waals surface area (Å²) in [7, 11) is -3.43. The zero-order valence-electron chi connectivity index (χ0n) is 12.0. The van der Waals surface area contributed by atoms with Crippen LogP contribution in [0.15, 0.2) is 17.0 Å². The fraction of sp³-hybridized carbons (Fsp3) is 0.500. The lowest BCUT2D eigenvalue weighted by atomic mass is 10.1. The van der Waals surface area contributed by atoms with Gasteiger partial charge in [0.25, 0.3) is 0 Å². The third-order valence-corrected chi connectivity index (χ3v) is 6.01. The van der Waals surface area contributed by atoms with Crippen LogP contribution in [0.4, 0.5) is 0 Å². The first-order valence-corrected chi connectivity index (χ1v) is 9.25. The van der Waals surface area contributed by atoms with Gasteiger partial charge in [0, 0.05) is 0 Å². The second kappa shape index (κ2) is 7.13. The van der Waals surface area contributed by atoms with E-state index < -0.39 is 15.8 Å². The minimum atomic E-state index is -3.43. The highest BCUT2D eigenvalue weighted by Gasteiger charge is 2.20. The Morgan fingerprint density at radius 1 is 1.30 bits per heavy atom. The molecule has 1 rings (SSSR count). The Labute approximate surface area is 124 Å². The van der Waals surface area contributed by atoms with Crippen molar-refractivity contribution < 1.29 is 18.3 Å². The van der Waals surface area contributed by atoms with Crippen LogP contribution in [-0.4, -0.2) is 36.8 Å². The number of benzene rings is 1. The van der Waals surface area contributed by atoms with Gasteiger partial charge in [0.15, 0.2) is 9.84 Å². The van der Waals surface area contributed by atoms with Crippen LogP contribution in [0.1, 0.15) is 34.8 Å². The second-order valence-corrected chi connectivity index (χ2v) is 8.06. The molecular formula is C14H20O4S2. The zero-order chi connectivity index (χ0) is 15.3. The molecule has 0 saturated heterocycles. The predicted octanol–water partition coefficient (Wildman–Crippen LogP) is 2.92. The van der Waals surface area contributed by atoms with Crippen LogP contribution in [-0.2, 0) is 9.84 Å². The van der Waals surface area contributed by atoms with Crippen LogP contribution in [0.2, 0.25) is 0 Å². The van der Waals surface area contributed by atoms with Gasteiger partial charge in [-0.05, 0) is 55.0 Å². The highest BCUT2D eigenvalue weighted by Crippen LogP contribution is 2.23. The van der Waals surface area contributed by atoms with Crippen molar-refractivity contribution in [2.75, 3.05) is 17.3 Å². The number of thioether (sulfide) groups is 1. The van der Waals surface area contributed by atoms with Crippen molar-refractivity contribution in [3.8, 4) is 0 Å². The monoisotopic (exact) mass is 316 g/mol. The van der Waals surface area contributed by atoms with Gasteiger partial charge in [-0.1, -0.05) is 6.92 Å². The fourth-order valence-corrected chi connectivity index (χ4v) is 4.38. The quantitative estimate of drug-likeness (QED) is 0.783. The molecule has 112 valence electrons. The lowest BCUT2D eigenvalue weighted by molar-refractivity contribution is 0.0696. The van der Waals surface area contributed by atoms with Crippen LogP contribution >= 0.6 is 11.8 Å². The van der Waals surface area contributed by atoms with E-state index >= 15 is 0 Å². The molecular weight excluding hydrogens is 296 g/mol. The molecule has 0 atom stereocenters. The molecule has 0 radical (unpaired) electrons. The molecule has 0 aliphatic heterocycles. The Hall–Kier alpha value is -1.01. The summed E-state index contributed by atoms with van der Waals surface area (Å²) >= 11 is 1.70. The van der Waals surface area contributed by atoms with Gasteiger partial charge in [-0.2, -0.15) is 11.8 Å². The Morgan fingerprint density at radius 3 is 2.50 bits per heavy atom. The molecule has 20 heavy (non-hydrogen) atoms. The van der Waals surface area contributed by atoms with Crippen molar-refractivity contribution in [3.63, 3.8) is 0 Å². The van der Waals surface area contributed by atoms with E-state index in [0.29, 0.717) is 17.5 Å². The summed E-state index contributed by atoms with van der Waals surface area (Å²) in [4.78, 5) is 11.2. The smallest absolute Gasteiger partial charge is 0.335 e. The van der Waals surface area contributed by atoms with Gasteiger partial charge < -0.3 is 5.11 Å². The number of hydrogen-bond donors (Lipinski definition) is 1. The highest BCUT2D eigenvalue weighted by atomic mass is 32.2. The van der Waals surface area contributed by atoms with Crippen molar-refractivity contribution in [1.82, 2.24) is 0 Å². The van der Waals surface area contributed by atoms with Crippen molar-refractivity contribution >= 4 is 27.6 Å². The number of carbonyl (C=O) groups is 1. The minimum Gasteiger partial charge on any atom is -0.478 e. The lowest BCUT2D eigenvalue weighted by Gasteiger charge is -2.11. The second-order valence-electron chi connectivity index (χ2n) is 4.59. The fourth-order valence-electron chi connectivity index (χ4n) is 1.88. The molecule has 0 spiro atoms. The highest BCUT2D eigenvalue weighted by molar-refractivity contribution is 7.99. The molecule has 0 unspecified atom stereocenters. The summed E-state index contributed by atoms with van der Waals surface area (Å²) in [5.41, 5.74) is 1.35. The van der Waals surface area contributed by atoms with Crippen molar-refractivity contribution in [2.45, 2.75) is 32.1 Å². The molecule has 0 bridgehead atoms. The summed E-state index contributed by atoms with van der Waals surface area (Å²) in [6, 6.07) is 2.77. The van der Waals surface area contributed by atoms with Crippen molar-refractivity contribution in [3.05, 3.63) is 28.8 Å². The molecule has 1 N–H and O–H groups in total. The first kappa shape index (κ1) is 17.0. The number of sulfone groups is 1. The Kier molecular flexibility index (Phi) is 6.07. The molecule has 0 fully saturated rings. The maximum absolute atomic E-state index is 12.3. The summed E-state index contributed by atoms with van der Waals surface area (Å²) in [6.07, 6.45) is 0.580. The normalized spacial score (nSPS) is 11.6. The number of hydrogen-bond acceptors (Lipinski definition) is 4. The summed E-state index contributed by atoms with van der Waals surface area (Å²) in [5.74, 6) is 0.716. The topological polar surface area (TPSA) is 71.4 Å². The standard InChI is InChI=1S/C14H20O4S2/c1-4-19-6-5-7-20(17,18)13-9-12(14(15)16)8-10(2)11(13)3/h8-9H,4-7H2,1-3H3,(H,15,16). The van der Waals surface area contributed by atoms with Crippen LogP contribution < -0.4 is 0 Å². The van der Waals surface area contributed by atoms with Crippen LogP contribution in [0.25, 0.3) is 0 Å². The van der Waals surface area contributed by atoms with Gasteiger partial charge in [0.1, 0.15) is 0 Å². The van der Waals surface area contributed by atoms with Gasteiger partial charge in [0.05, 0.1) is 16.2 Å². The average Bonchev–Trinajstić information content (AvgIpc) is 2.37. The summed E-state index contributed by atoms with van der Waals surface area (Å²) < 4.78 is 24.7. The van der Waals surface area contributed by atoms with E-state index in [1.54, 1.807) is 25.6 Å². The number of rotatable bonds is 7. The molecule has 0 saturated carbocycles. The van der Waals surface area contributed by atoms with Crippen LogP contribution in [0.5, 0.6) is 0 Å². The molecule has 0 amide bonds. The van der Waals surface area contributed by atoms with Gasteiger partial charge in [-0.15, -0.1) is 0 Å². The Morgan fingerprint density at radius 2 is 1.95 bits per heavy atom. The molecule has 1 aromatic carbocycles. The predicted molar refractivity (Wildman–Crippen MR) is 82.5 cm³/mol. The van der Waals surface area contributed by atoms with E-state index in [9.17, 15) is 13.2 Å². The van der Waals surface area contributed by atoms with Crippen LogP contribution in [0.3, 0.4) is 0 Å². The summed E-state index contributed by atoms with van der Waals surface area (Å²) in [6.45, 7) is 5.48. The van der Waals surface area contributed by atoms with Gasteiger partial charge in [0.2, 0.25) is 0 Å². The molecule has 0 aliphatic rings. The number of carboxylic acids is 1. The van der Waals surface area contributed by atoms with E-state index in [4.69, 9.17) is 5.11 Å². The minimum absolute atomic E-state index is 0.0228. The molecule has 0 aliphatic carbocycles. The van der Waals surface area contributed by atoms with E-state index in [1.807, 2.05) is 6.92 Å². The van der Waals surface area contributed by atoms with E-state index in [2.05, 4.69) is 0 Å². The van der Waals surface area contributed by atoms with Gasteiger partial charge in [-0.3, -0.25) is 0 Å². The molecule has 1 aromatic rings. The molecule has 4 nitrogen and oxygen atoms in total. The number of carboxylic acid groups (broad SMARTS) is 1. The third kappa shape index (κ3) is 4.24. The van der Waals surface area contributed by atoms with E-state index in [0.717, 1.165) is 11.5 Å². The summed E-state index contributed by atoms with van der Waals surface area (Å²) in [5, 5.41) is 9.04. The first-order chi connectivity index (χ1) is 9.29.